The highest BCUT2D eigenvalue weighted by Gasteiger charge is 2.05. The first-order chi connectivity index (χ1) is 6.86. The average Bonchev–Trinajstić information content (AvgIpc) is 2.69. The molecule has 0 aliphatic heterocycles. The van der Waals surface area contributed by atoms with E-state index in [4.69, 9.17) is 15.2 Å². The zero-order valence-electron chi connectivity index (χ0n) is 8.44. The zero-order valence-corrected chi connectivity index (χ0v) is 9.26. The molecule has 1 rings (SSSR count). The van der Waals surface area contributed by atoms with Crippen molar-refractivity contribution in [2.45, 2.75) is 12.5 Å². The molecule has 0 fully saturated rings. The summed E-state index contributed by atoms with van der Waals surface area (Å²) in [6, 6.07) is 4.16. The van der Waals surface area contributed by atoms with Crippen molar-refractivity contribution >= 4 is 11.3 Å². The summed E-state index contributed by atoms with van der Waals surface area (Å²) < 4.78 is 10.5. The van der Waals surface area contributed by atoms with Gasteiger partial charge in [0.15, 0.2) is 0 Å². The lowest BCUT2D eigenvalue weighted by atomic mass is 10.3. The molecule has 2 N–H and O–H groups in total. The Morgan fingerprint density at radius 3 is 3.00 bits per heavy atom. The first-order valence-electron chi connectivity index (χ1n) is 4.69. The monoisotopic (exact) mass is 215 g/mol. The molecule has 1 unspecified atom stereocenters. The van der Waals surface area contributed by atoms with Crippen LogP contribution in [-0.2, 0) is 15.9 Å². The SMILES string of the molecule is COCC(CN)OCCc1cccs1. The van der Waals surface area contributed by atoms with Crippen molar-refractivity contribution in [2.24, 2.45) is 5.73 Å². The van der Waals surface area contributed by atoms with Gasteiger partial charge in [0, 0.05) is 25.0 Å². The van der Waals surface area contributed by atoms with E-state index in [1.165, 1.54) is 4.88 Å². The Morgan fingerprint density at radius 2 is 2.43 bits per heavy atom. The molecule has 4 heteroatoms. The Morgan fingerprint density at radius 1 is 1.57 bits per heavy atom. The molecule has 0 bridgehead atoms. The summed E-state index contributed by atoms with van der Waals surface area (Å²) in [6.45, 7) is 1.80. The first-order valence-corrected chi connectivity index (χ1v) is 5.57. The second-order valence-corrected chi connectivity index (χ2v) is 4.05. The van der Waals surface area contributed by atoms with Crippen molar-refractivity contribution in [3.63, 3.8) is 0 Å². The minimum absolute atomic E-state index is 0.0277. The molecule has 0 aliphatic carbocycles. The van der Waals surface area contributed by atoms with Crippen LogP contribution in [0.4, 0.5) is 0 Å². The van der Waals surface area contributed by atoms with Gasteiger partial charge in [0.2, 0.25) is 0 Å². The number of thiophene rings is 1. The predicted molar refractivity (Wildman–Crippen MR) is 58.7 cm³/mol. The summed E-state index contributed by atoms with van der Waals surface area (Å²) in [6.07, 6.45) is 0.984. The van der Waals surface area contributed by atoms with Crippen LogP contribution in [0.15, 0.2) is 17.5 Å². The van der Waals surface area contributed by atoms with Gasteiger partial charge in [-0.1, -0.05) is 6.07 Å². The van der Waals surface area contributed by atoms with Gasteiger partial charge in [0.1, 0.15) is 0 Å². The van der Waals surface area contributed by atoms with Crippen LogP contribution in [0.1, 0.15) is 4.88 Å². The maximum Gasteiger partial charge on any atom is 0.0930 e. The summed E-state index contributed by atoms with van der Waals surface area (Å²) in [5, 5.41) is 2.07. The van der Waals surface area contributed by atoms with Gasteiger partial charge in [-0.2, -0.15) is 0 Å². The van der Waals surface area contributed by atoms with Gasteiger partial charge in [-0.15, -0.1) is 11.3 Å². The lowest BCUT2D eigenvalue weighted by molar-refractivity contribution is 0.00521. The second-order valence-electron chi connectivity index (χ2n) is 3.01. The molecule has 80 valence electrons. The largest absolute Gasteiger partial charge is 0.382 e. The quantitative estimate of drug-likeness (QED) is 0.745. The third-order valence-electron chi connectivity index (χ3n) is 1.90. The summed E-state index contributed by atoms with van der Waals surface area (Å²) in [7, 11) is 1.66. The number of hydrogen-bond donors (Lipinski definition) is 1. The van der Waals surface area contributed by atoms with Crippen molar-refractivity contribution in [3.8, 4) is 0 Å². The molecular formula is C10H17NO2S. The van der Waals surface area contributed by atoms with Crippen LogP contribution in [0.3, 0.4) is 0 Å². The van der Waals surface area contributed by atoms with Crippen molar-refractivity contribution in [3.05, 3.63) is 22.4 Å². The summed E-state index contributed by atoms with van der Waals surface area (Å²) in [4.78, 5) is 1.35. The zero-order chi connectivity index (χ0) is 10.2. The Hall–Kier alpha value is -0.420. The van der Waals surface area contributed by atoms with Gasteiger partial charge in [0.25, 0.3) is 0 Å². The minimum Gasteiger partial charge on any atom is -0.382 e. The third-order valence-corrected chi connectivity index (χ3v) is 2.83. The lowest BCUT2D eigenvalue weighted by Crippen LogP contribution is -2.29. The van der Waals surface area contributed by atoms with Gasteiger partial charge >= 0.3 is 0 Å². The molecule has 0 aliphatic rings. The molecule has 0 saturated heterocycles. The van der Waals surface area contributed by atoms with Crippen LogP contribution < -0.4 is 5.73 Å². The first kappa shape index (κ1) is 11.7. The van der Waals surface area contributed by atoms with Gasteiger partial charge in [-0.3, -0.25) is 0 Å². The highest BCUT2D eigenvalue weighted by Crippen LogP contribution is 2.09. The predicted octanol–water partition coefficient (Wildman–Crippen LogP) is 1.28. The van der Waals surface area contributed by atoms with E-state index >= 15 is 0 Å². The van der Waals surface area contributed by atoms with E-state index < -0.39 is 0 Å². The lowest BCUT2D eigenvalue weighted by Gasteiger charge is -2.14. The number of rotatable bonds is 7. The van der Waals surface area contributed by atoms with Gasteiger partial charge in [-0.05, 0) is 11.4 Å². The maximum absolute atomic E-state index is 5.56. The van der Waals surface area contributed by atoms with Crippen LogP contribution in [-0.4, -0.2) is 33.0 Å². The van der Waals surface area contributed by atoms with Crippen molar-refractivity contribution in [1.82, 2.24) is 0 Å². The minimum atomic E-state index is 0.0277. The van der Waals surface area contributed by atoms with E-state index in [0.29, 0.717) is 19.8 Å². The smallest absolute Gasteiger partial charge is 0.0930 e. The highest BCUT2D eigenvalue weighted by atomic mass is 32.1. The van der Waals surface area contributed by atoms with Crippen molar-refractivity contribution < 1.29 is 9.47 Å². The summed E-state index contributed by atoms with van der Waals surface area (Å²) in [5.41, 5.74) is 5.52. The van der Waals surface area contributed by atoms with E-state index in [0.717, 1.165) is 6.42 Å². The Balaban J connectivity index is 2.13. The summed E-state index contributed by atoms with van der Waals surface area (Å²) in [5.74, 6) is 0. The van der Waals surface area contributed by atoms with E-state index in [1.54, 1.807) is 18.4 Å². The number of methoxy groups -OCH3 is 1. The molecule has 1 aromatic rings. The van der Waals surface area contributed by atoms with Crippen LogP contribution in [0.5, 0.6) is 0 Å². The van der Waals surface area contributed by atoms with Crippen molar-refractivity contribution in [1.29, 1.82) is 0 Å². The molecule has 14 heavy (non-hydrogen) atoms. The fourth-order valence-corrected chi connectivity index (χ4v) is 1.84. The Bertz CT molecular complexity index is 226. The maximum atomic E-state index is 5.56. The molecule has 0 amide bonds. The molecule has 1 aromatic heterocycles. The standard InChI is InChI=1S/C10H17NO2S/c1-12-8-9(7-11)13-5-4-10-3-2-6-14-10/h2-3,6,9H,4-5,7-8,11H2,1H3. The fourth-order valence-electron chi connectivity index (χ4n) is 1.15. The number of hydrogen-bond acceptors (Lipinski definition) is 4. The molecule has 0 aromatic carbocycles. The summed E-state index contributed by atoms with van der Waals surface area (Å²) >= 11 is 1.75. The van der Waals surface area contributed by atoms with Crippen LogP contribution in [0, 0.1) is 0 Å². The van der Waals surface area contributed by atoms with Gasteiger partial charge in [0.05, 0.1) is 19.3 Å². The topological polar surface area (TPSA) is 44.5 Å². The molecule has 3 nitrogen and oxygen atoms in total. The van der Waals surface area contributed by atoms with Crippen LogP contribution in [0.2, 0.25) is 0 Å². The van der Waals surface area contributed by atoms with E-state index in [-0.39, 0.29) is 6.10 Å². The van der Waals surface area contributed by atoms with Crippen LogP contribution in [0.25, 0.3) is 0 Å². The number of ether oxygens (including phenoxy) is 2. The molecule has 1 heterocycles. The molecule has 1 atom stereocenters. The third kappa shape index (κ3) is 4.19. The van der Waals surface area contributed by atoms with Crippen molar-refractivity contribution in [2.75, 3.05) is 26.9 Å². The Kier molecular flexibility index (Phi) is 5.78. The second kappa shape index (κ2) is 6.95. The van der Waals surface area contributed by atoms with E-state index in [1.807, 2.05) is 0 Å². The van der Waals surface area contributed by atoms with Crippen LogP contribution >= 0.6 is 11.3 Å². The Labute approximate surface area is 88.8 Å². The van der Waals surface area contributed by atoms with Gasteiger partial charge < -0.3 is 15.2 Å². The highest BCUT2D eigenvalue weighted by molar-refractivity contribution is 7.09. The van der Waals surface area contributed by atoms with Gasteiger partial charge in [-0.25, -0.2) is 0 Å². The molecule has 0 saturated carbocycles. The van der Waals surface area contributed by atoms with E-state index in [2.05, 4.69) is 17.5 Å². The van der Waals surface area contributed by atoms with E-state index in [9.17, 15) is 0 Å². The number of nitrogens with two attached hydrogens (primary N) is 1. The molecule has 0 radical (unpaired) electrons. The average molecular weight is 215 g/mol. The molecule has 0 spiro atoms. The normalized spacial score (nSPS) is 13.0. The molecular weight excluding hydrogens is 198 g/mol. The fraction of sp³-hybridized carbons (Fsp3) is 0.600.